The van der Waals surface area contributed by atoms with Gasteiger partial charge in [0.2, 0.25) is 11.8 Å². The number of hydrogen-bond acceptors (Lipinski definition) is 3. The van der Waals surface area contributed by atoms with E-state index in [0.29, 0.717) is 0 Å². The van der Waals surface area contributed by atoms with Crippen molar-refractivity contribution in [3.63, 3.8) is 0 Å². The van der Waals surface area contributed by atoms with E-state index in [9.17, 15) is 9.59 Å². The summed E-state index contributed by atoms with van der Waals surface area (Å²) in [4.78, 5) is 26.0. The van der Waals surface area contributed by atoms with E-state index in [2.05, 4.69) is 43.1 Å². The lowest BCUT2D eigenvalue weighted by Gasteiger charge is -2.31. The van der Waals surface area contributed by atoms with E-state index in [0.717, 1.165) is 54.9 Å². The van der Waals surface area contributed by atoms with Crippen molar-refractivity contribution < 1.29 is 9.59 Å². The lowest BCUT2D eigenvalue weighted by molar-refractivity contribution is -0.123. The SMILES string of the molecule is Cc1cc(C)c(/C=C/C(=O)Nc2ccc(CN3CCCC(C(N)=O)C3)cc2)cc1C. The van der Waals surface area contributed by atoms with Gasteiger partial charge in [-0.3, -0.25) is 14.5 Å². The first-order chi connectivity index (χ1) is 14.3. The second-order valence-electron chi connectivity index (χ2n) is 8.29. The predicted octanol–water partition coefficient (Wildman–Crippen LogP) is 3.96. The van der Waals surface area contributed by atoms with Crippen LogP contribution in [0.2, 0.25) is 0 Å². The van der Waals surface area contributed by atoms with Crippen molar-refractivity contribution in [2.24, 2.45) is 11.7 Å². The minimum atomic E-state index is -0.207. The molecule has 3 rings (SSSR count). The van der Waals surface area contributed by atoms with E-state index in [-0.39, 0.29) is 17.7 Å². The number of nitrogens with zero attached hydrogens (tertiary/aromatic N) is 1. The van der Waals surface area contributed by atoms with Gasteiger partial charge in [0.25, 0.3) is 0 Å². The summed E-state index contributed by atoms with van der Waals surface area (Å²) < 4.78 is 0. The summed E-state index contributed by atoms with van der Waals surface area (Å²) in [6.07, 6.45) is 5.31. The number of amides is 2. The van der Waals surface area contributed by atoms with E-state index in [4.69, 9.17) is 5.73 Å². The number of hydrogen-bond donors (Lipinski definition) is 2. The lowest BCUT2D eigenvalue weighted by atomic mass is 9.97. The maximum Gasteiger partial charge on any atom is 0.248 e. The van der Waals surface area contributed by atoms with E-state index in [1.165, 1.54) is 11.1 Å². The van der Waals surface area contributed by atoms with Gasteiger partial charge in [-0.05, 0) is 86.2 Å². The first-order valence-corrected chi connectivity index (χ1v) is 10.5. The molecule has 1 atom stereocenters. The van der Waals surface area contributed by atoms with Gasteiger partial charge < -0.3 is 11.1 Å². The molecule has 3 N–H and O–H groups in total. The molecule has 2 aromatic carbocycles. The van der Waals surface area contributed by atoms with Gasteiger partial charge in [-0.1, -0.05) is 24.3 Å². The van der Waals surface area contributed by atoms with Crippen molar-refractivity contribution in [3.05, 3.63) is 70.3 Å². The molecule has 1 unspecified atom stereocenters. The first kappa shape index (κ1) is 21.8. The minimum Gasteiger partial charge on any atom is -0.369 e. The molecule has 0 radical (unpaired) electrons. The molecular formula is C25H31N3O2. The smallest absolute Gasteiger partial charge is 0.248 e. The van der Waals surface area contributed by atoms with Crippen LogP contribution < -0.4 is 11.1 Å². The van der Waals surface area contributed by atoms with Gasteiger partial charge in [0, 0.05) is 24.9 Å². The summed E-state index contributed by atoms with van der Waals surface area (Å²) in [5, 5.41) is 2.91. The van der Waals surface area contributed by atoms with Crippen molar-refractivity contribution >= 4 is 23.6 Å². The minimum absolute atomic E-state index is 0.0509. The highest BCUT2D eigenvalue weighted by molar-refractivity contribution is 6.02. The van der Waals surface area contributed by atoms with E-state index in [1.54, 1.807) is 6.08 Å². The maximum absolute atomic E-state index is 12.3. The fourth-order valence-corrected chi connectivity index (χ4v) is 3.89. The third-order valence-corrected chi connectivity index (χ3v) is 5.83. The Morgan fingerprint density at radius 2 is 1.80 bits per heavy atom. The van der Waals surface area contributed by atoms with Crippen molar-refractivity contribution in [3.8, 4) is 0 Å². The maximum atomic E-state index is 12.3. The van der Waals surface area contributed by atoms with Crippen LogP contribution in [0, 0.1) is 26.7 Å². The third kappa shape index (κ3) is 5.80. The lowest BCUT2D eigenvalue weighted by Crippen LogP contribution is -2.40. The number of carbonyl (C=O) groups excluding carboxylic acids is 2. The van der Waals surface area contributed by atoms with Gasteiger partial charge in [0.05, 0.1) is 5.92 Å². The van der Waals surface area contributed by atoms with Crippen LogP contribution in [0.1, 0.15) is 40.7 Å². The number of anilines is 1. The molecule has 1 heterocycles. The third-order valence-electron chi connectivity index (χ3n) is 5.83. The first-order valence-electron chi connectivity index (χ1n) is 10.5. The van der Waals surface area contributed by atoms with E-state index >= 15 is 0 Å². The molecule has 5 nitrogen and oxygen atoms in total. The largest absolute Gasteiger partial charge is 0.369 e. The van der Waals surface area contributed by atoms with Crippen molar-refractivity contribution in [1.29, 1.82) is 0 Å². The molecule has 2 aromatic rings. The Kier molecular flexibility index (Phi) is 7.06. The van der Waals surface area contributed by atoms with E-state index in [1.807, 2.05) is 30.3 Å². The van der Waals surface area contributed by atoms with Crippen LogP contribution >= 0.6 is 0 Å². The zero-order chi connectivity index (χ0) is 21.7. The molecule has 5 heteroatoms. The Hall–Kier alpha value is -2.92. The molecule has 0 saturated carbocycles. The molecule has 158 valence electrons. The summed E-state index contributed by atoms with van der Waals surface area (Å²) in [6, 6.07) is 12.1. The Morgan fingerprint density at radius 3 is 2.50 bits per heavy atom. The molecule has 0 aliphatic carbocycles. The second kappa shape index (κ2) is 9.72. The van der Waals surface area contributed by atoms with Crippen LogP contribution in [-0.4, -0.2) is 29.8 Å². The Labute approximate surface area is 179 Å². The summed E-state index contributed by atoms with van der Waals surface area (Å²) in [6.45, 7) is 8.70. The Balaban J connectivity index is 1.56. The van der Waals surface area contributed by atoms with Crippen LogP contribution in [0.15, 0.2) is 42.5 Å². The van der Waals surface area contributed by atoms with Crippen LogP contribution in [0.4, 0.5) is 5.69 Å². The van der Waals surface area contributed by atoms with Gasteiger partial charge >= 0.3 is 0 Å². The Morgan fingerprint density at radius 1 is 1.10 bits per heavy atom. The molecule has 1 aliphatic heterocycles. The molecule has 0 bridgehead atoms. The molecule has 30 heavy (non-hydrogen) atoms. The summed E-state index contributed by atoms with van der Waals surface area (Å²) in [5.74, 6) is -0.410. The molecule has 0 aromatic heterocycles. The number of likely N-dealkylation sites (tertiary alicyclic amines) is 1. The average molecular weight is 406 g/mol. The number of nitrogens with two attached hydrogens (primary N) is 1. The van der Waals surface area contributed by atoms with Crippen LogP contribution in [0.3, 0.4) is 0 Å². The van der Waals surface area contributed by atoms with Gasteiger partial charge in [0.15, 0.2) is 0 Å². The van der Waals surface area contributed by atoms with Crippen molar-refractivity contribution in [1.82, 2.24) is 4.90 Å². The fourth-order valence-electron chi connectivity index (χ4n) is 3.89. The molecule has 1 fully saturated rings. The number of nitrogens with one attached hydrogen (secondary N) is 1. The molecule has 1 aliphatic rings. The second-order valence-corrected chi connectivity index (χ2v) is 8.29. The zero-order valence-electron chi connectivity index (χ0n) is 18.1. The highest BCUT2D eigenvalue weighted by Gasteiger charge is 2.23. The van der Waals surface area contributed by atoms with Gasteiger partial charge in [-0.25, -0.2) is 0 Å². The van der Waals surface area contributed by atoms with Crippen LogP contribution in [0.5, 0.6) is 0 Å². The molecular weight excluding hydrogens is 374 g/mol. The molecule has 0 spiro atoms. The summed E-state index contributed by atoms with van der Waals surface area (Å²) in [5.41, 5.74) is 12.1. The van der Waals surface area contributed by atoms with Crippen LogP contribution in [0.25, 0.3) is 6.08 Å². The van der Waals surface area contributed by atoms with Gasteiger partial charge in [0.1, 0.15) is 0 Å². The monoisotopic (exact) mass is 405 g/mol. The number of rotatable bonds is 6. The standard InChI is InChI=1S/C25H31N3O2/c1-17-13-19(3)21(14-18(17)2)8-11-24(29)27-23-9-6-20(7-10-23)15-28-12-4-5-22(16-28)25(26)30/h6-11,13-14,22H,4-5,12,15-16H2,1-3H3,(H2,26,30)(H,27,29)/b11-8+. The van der Waals surface area contributed by atoms with Gasteiger partial charge in [-0.15, -0.1) is 0 Å². The predicted molar refractivity (Wildman–Crippen MR) is 122 cm³/mol. The number of primary amides is 1. The van der Waals surface area contributed by atoms with E-state index < -0.39 is 0 Å². The number of benzene rings is 2. The molecule has 1 saturated heterocycles. The Bertz CT molecular complexity index is 948. The zero-order valence-corrected chi connectivity index (χ0v) is 18.1. The highest BCUT2D eigenvalue weighted by Crippen LogP contribution is 2.20. The van der Waals surface area contributed by atoms with Gasteiger partial charge in [-0.2, -0.15) is 0 Å². The topological polar surface area (TPSA) is 75.4 Å². The normalized spacial score (nSPS) is 17.2. The molecule has 2 amide bonds. The fraction of sp³-hybridized carbons (Fsp3) is 0.360. The van der Waals surface area contributed by atoms with Crippen molar-refractivity contribution in [2.45, 2.75) is 40.2 Å². The summed E-state index contributed by atoms with van der Waals surface area (Å²) in [7, 11) is 0. The average Bonchev–Trinajstić information content (AvgIpc) is 2.71. The van der Waals surface area contributed by atoms with Crippen LogP contribution in [-0.2, 0) is 16.1 Å². The number of piperidine rings is 1. The number of carbonyl (C=O) groups is 2. The summed E-state index contributed by atoms with van der Waals surface area (Å²) >= 11 is 0. The quantitative estimate of drug-likeness (QED) is 0.714. The number of aryl methyl sites for hydroxylation is 3. The van der Waals surface area contributed by atoms with Crippen molar-refractivity contribution in [2.75, 3.05) is 18.4 Å². The highest BCUT2D eigenvalue weighted by atomic mass is 16.1.